The average molecular weight is 233 g/mol. The zero-order valence-electron chi connectivity index (χ0n) is 10.4. The molecule has 0 unspecified atom stereocenters. The number of methoxy groups -OCH3 is 1. The lowest BCUT2D eigenvalue weighted by Gasteiger charge is -2.01. The molecule has 0 aliphatic carbocycles. The van der Waals surface area contributed by atoms with Crippen LogP contribution in [0, 0.1) is 6.92 Å². The quantitative estimate of drug-likeness (QED) is 0.604. The van der Waals surface area contributed by atoms with Gasteiger partial charge < -0.3 is 10.1 Å². The molecule has 0 radical (unpaired) electrons. The zero-order chi connectivity index (χ0) is 12.5. The maximum atomic E-state index is 11.4. The Hall–Kier alpha value is -1.61. The predicted molar refractivity (Wildman–Crippen MR) is 69.7 cm³/mol. The van der Waals surface area contributed by atoms with Crippen molar-refractivity contribution in [2.75, 3.05) is 20.3 Å². The first kappa shape index (κ1) is 13.5. The molecule has 3 nitrogen and oxygen atoms in total. The first-order chi connectivity index (χ1) is 8.22. The van der Waals surface area contributed by atoms with E-state index in [1.807, 2.05) is 37.3 Å². The van der Waals surface area contributed by atoms with Crippen molar-refractivity contribution in [2.45, 2.75) is 13.3 Å². The monoisotopic (exact) mass is 233 g/mol. The summed E-state index contributed by atoms with van der Waals surface area (Å²) in [6.07, 6.45) is 4.20. The third kappa shape index (κ3) is 5.88. The number of hydrogen-bond acceptors (Lipinski definition) is 2. The summed E-state index contributed by atoms with van der Waals surface area (Å²) in [6.45, 7) is 3.35. The number of hydrogen-bond donors (Lipinski definition) is 1. The third-order valence-corrected chi connectivity index (χ3v) is 2.33. The third-order valence-electron chi connectivity index (χ3n) is 2.33. The van der Waals surface area contributed by atoms with Gasteiger partial charge in [0.1, 0.15) is 0 Å². The Morgan fingerprint density at radius 3 is 2.71 bits per heavy atom. The highest BCUT2D eigenvalue weighted by Gasteiger charge is 1.94. The smallest absolute Gasteiger partial charge is 0.244 e. The van der Waals surface area contributed by atoms with E-state index < -0.39 is 0 Å². The number of amides is 1. The maximum absolute atomic E-state index is 11.4. The van der Waals surface area contributed by atoms with Gasteiger partial charge in [-0.15, -0.1) is 0 Å². The van der Waals surface area contributed by atoms with Crippen LogP contribution in [0.25, 0.3) is 6.08 Å². The highest BCUT2D eigenvalue weighted by Crippen LogP contribution is 2.04. The van der Waals surface area contributed by atoms with Gasteiger partial charge in [-0.25, -0.2) is 0 Å². The van der Waals surface area contributed by atoms with Gasteiger partial charge in [-0.3, -0.25) is 4.79 Å². The van der Waals surface area contributed by atoms with Crippen molar-refractivity contribution in [2.24, 2.45) is 0 Å². The van der Waals surface area contributed by atoms with Crippen molar-refractivity contribution >= 4 is 12.0 Å². The van der Waals surface area contributed by atoms with Crippen molar-refractivity contribution in [3.63, 3.8) is 0 Å². The fourth-order valence-corrected chi connectivity index (χ4v) is 1.34. The molecule has 3 heteroatoms. The first-order valence-corrected chi connectivity index (χ1v) is 5.74. The second kappa shape index (κ2) is 7.63. The van der Waals surface area contributed by atoms with E-state index in [1.54, 1.807) is 13.2 Å². The molecular formula is C14H19NO2. The Morgan fingerprint density at radius 2 is 2.06 bits per heavy atom. The van der Waals surface area contributed by atoms with Gasteiger partial charge >= 0.3 is 0 Å². The van der Waals surface area contributed by atoms with E-state index in [-0.39, 0.29) is 5.91 Å². The van der Waals surface area contributed by atoms with E-state index in [9.17, 15) is 4.79 Å². The van der Waals surface area contributed by atoms with Crippen LogP contribution in [-0.4, -0.2) is 26.2 Å². The molecule has 0 heterocycles. The number of aryl methyl sites for hydroxylation is 1. The van der Waals surface area contributed by atoms with Crippen molar-refractivity contribution < 1.29 is 9.53 Å². The van der Waals surface area contributed by atoms with E-state index in [1.165, 1.54) is 5.56 Å². The summed E-state index contributed by atoms with van der Waals surface area (Å²) < 4.78 is 4.89. The first-order valence-electron chi connectivity index (χ1n) is 5.74. The molecule has 0 aliphatic heterocycles. The maximum Gasteiger partial charge on any atom is 0.244 e. The molecule has 92 valence electrons. The number of carbonyl (C=O) groups excluding carboxylic acids is 1. The number of carbonyl (C=O) groups is 1. The largest absolute Gasteiger partial charge is 0.385 e. The number of nitrogens with one attached hydrogen (secondary N) is 1. The standard InChI is InChI=1S/C14H19NO2/c1-12-4-6-13(7-5-12)8-9-14(16)15-10-3-11-17-2/h4-9H,3,10-11H2,1-2H3,(H,15,16). The van der Waals surface area contributed by atoms with E-state index in [2.05, 4.69) is 5.32 Å². The van der Waals surface area contributed by atoms with Crippen molar-refractivity contribution in [3.8, 4) is 0 Å². The number of benzene rings is 1. The second-order valence-electron chi connectivity index (χ2n) is 3.88. The highest BCUT2D eigenvalue weighted by atomic mass is 16.5. The molecule has 0 spiro atoms. The van der Waals surface area contributed by atoms with Crippen molar-refractivity contribution in [1.29, 1.82) is 0 Å². The summed E-state index contributed by atoms with van der Waals surface area (Å²) >= 11 is 0. The van der Waals surface area contributed by atoms with E-state index in [0.29, 0.717) is 13.2 Å². The van der Waals surface area contributed by atoms with Gasteiger partial charge in [0.15, 0.2) is 0 Å². The molecule has 0 atom stereocenters. The topological polar surface area (TPSA) is 38.3 Å². The molecule has 0 fully saturated rings. The Bertz CT molecular complexity index is 368. The molecule has 0 aromatic heterocycles. The lowest BCUT2D eigenvalue weighted by molar-refractivity contribution is -0.116. The van der Waals surface area contributed by atoms with E-state index in [0.717, 1.165) is 12.0 Å². The summed E-state index contributed by atoms with van der Waals surface area (Å²) in [5.41, 5.74) is 2.24. The molecule has 1 aromatic rings. The minimum absolute atomic E-state index is 0.0679. The van der Waals surface area contributed by atoms with Crippen LogP contribution >= 0.6 is 0 Å². The molecule has 1 aromatic carbocycles. The highest BCUT2D eigenvalue weighted by molar-refractivity contribution is 5.91. The SMILES string of the molecule is COCCCNC(=O)C=Cc1ccc(C)cc1. The van der Waals surface area contributed by atoms with Gasteiger partial charge in [-0.1, -0.05) is 29.8 Å². The normalized spacial score (nSPS) is 10.7. The summed E-state index contributed by atoms with van der Waals surface area (Å²) in [7, 11) is 1.65. The molecule has 1 rings (SSSR count). The molecule has 0 bridgehead atoms. The fraction of sp³-hybridized carbons (Fsp3) is 0.357. The Balaban J connectivity index is 2.32. The zero-order valence-corrected chi connectivity index (χ0v) is 10.4. The Morgan fingerprint density at radius 1 is 1.35 bits per heavy atom. The molecule has 17 heavy (non-hydrogen) atoms. The lowest BCUT2D eigenvalue weighted by atomic mass is 10.1. The van der Waals surface area contributed by atoms with Gasteiger partial charge in [0.25, 0.3) is 0 Å². The van der Waals surface area contributed by atoms with E-state index in [4.69, 9.17) is 4.74 Å². The molecule has 0 saturated heterocycles. The van der Waals surface area contributed by atoms with Gasteiger partial charge in [-0.05, 0) is 25.0 Å². The number of rotatable bonds is 6. The van der Waals surface area contributed by atoms with Crippen LogP contribution in [0.3, 0.4) is 0 Å². The van der Waals surface area contributed by atoms with Gasteiger partial charge in [-0.2, -0.15) is 0 Å². The Kier molecular flexibility index (Phi) is 6.04. The van der Waals surface area contributed by atoms with Crippen LogP contribution in [0.2, 0.25) is 0 Å². The van der Waals surface area contributed by atoms with Crippen LogP contribution in [0.15, 0.2) is 30.3 Å². The van der Waals surface area contributed by atoms with E-state index >= 15 is 0 Å². The molecular weight excluding hydrogens is 214 g/mol. The Labute approximate surface area is 102 Å². The summed E-state index contributed by atoms with van der Waals surface area (Å²) in [6, 6.07) is 8.03. The summed E-state index contributed by atoms with van der Waals surface area (Å²) in [5.74, 6) is -0.0679. The second-order valence-corrected chi connectivity index (χ2v) is 3.88. The predicted octanol–water partition coefficient (Wildman–Crippen LogP) is 2.16. The van der Waals surface area contributed by atoms with Crippen LogP contribution in [-0.2, 0) is 9.53 Å². The lowest BCUT2D eigenvalue weighted by Crippen LogP contribution is -2.22. The summed E-state index contributed by atoms with van der Waals surface area (Å²) in [4.78, 5) is 11.4. The van der Waals surface area contributed by atoms with Crippen LogP contribution in [0.4, 0.5) is 0 Å². The average Bonchev–Trinajstić information content (AvgIpc) is 2.34. The van der Waals surface area contributed by atoms with Crippen LogP contribution < -0.4 is 5.32 Å². The van der Waals surface area contributed by atoms with Crippen LogP contribution in [0.5, 0.6) is 0 Å². The summed E-state index contributed by atoms with van der Waals surface area (Å²) in [5, 5.41) is 2.79. The molecule has 0 aliphatic rings. The fourth-order valence-electron chi connectivity index (χ4n) is 1.34. The van der Waals surface area contributed by atoms with Crippen molar-refractivity contribution in [3.05, 3.63) is 41.5 Å². The van der Waals surface area contributed by atoms with Gasteiger partial charge in [0.2, 0.25) is 5.91 Å². The molecule has 1 N–H and O–H groups in total. The van der Waals surface area contributed by atoms with Crippen molar-refractivity contribution in [1.82, 2.24) is 5.32 Å². The molecule has 1 amide bonds. The van der Waals surface area contributed by atoms with Crippen LogP contribution in [0.1, 0.15) is 17.5 Å². The minimum Gasteiger partial charge on any atom is -0.385 e. The molecule has 0 saturated carbocycles. The van der Waals surface area contributed by atoms with Gasteiger partial charge in [0, 0.05) is 26.3 Å². The number of ether oxygens (including phenoxy) is 1. The van der Waals surface area contributed by atoms with Gasteiger partial charge in [0.05, 0.1) is 0 Å². The minimum atomic E-state index is -0.0679.